The van der Waals surface area contributed by atoms with Crippen LogP contribution < -0.4 is 5.32 Å². The molecule has 0 bridgehead atoms. The zero-order valence-electron chi connectivity index (χ0n) is 11.6. The second-order valence-electron chi connectivity index (χ2n) is 6.02. The molecule has 3 nitrogen and oxygen atoms in total. The number of ether oxygens (including phenoxy) is 1. The molecule has 1 aliphatic heterocycles. The van der Waals surface area contributed by atoms with E-state index in [1.807, 2.05) is 0 Å². The number of esters is 1. The normalized spacial score (nSPS) is 30.1. The Morgan fingerprint density at radius 3 is 2.61 bits per heavy atom. The van der Waals surface area contributed by atoms with Crippen molar-refractivity contribution in [3.05, 3.63) is 0 Å². The first-order valence-corrected chi connectivity index (χ1v) is 7.66. The first kappa shape index (κ1) is 13.9. The third-order valence-electron chi connectivity index (χ3n) is 4.53. The van der Waals surface area contributed by atoms with E-state index in [9.17, 15) is 4.79 Å². The van der Waals surface area contributed by atoms with Gasteiger partial charge in [-0.25, -0.2) is 0 Å². The van der Waals surface area contributed by atoms with Gasteiger partial charge in [0.25, 0.3) is 0 Å². The van der Waals surface area contributed by atoms with Gasteiger partial charge in [0, 0.05) is 6.42 Å². The van der Waals surface area contributed by atoms with Crippen molar-refractivity contribution in [3.8, 4) is 0 Å². The number of carbonyl (C=O) groups is 1. The second kappa shape index (κ2) is 7.13. The highest BCUT2D eigenvalue weighted by Crippen LogP contribution is 2.27. The molecule has 0 aromatic carbocycles. The fourth-order valence-electron chi connectivity index (χ4n) is 3.18. The monoisotopic (exact) mass is 253 g/mol. The quantitative estimate of drug-likeness (QED) is 0.783. The number of hydrogen-bond acceptors (Lipinski definition) is 3. The maximum Gasteiger partial charge on any atom is 0.306 e. The minimum absolute atomic E-state index is 0.0345. The topological polar surface area (TPSA) is 38.3 Å². The van der Waals surface area contributed by atoms with Crippen LogP contribution in [0.1, 0.15) is 58.3 Å². The first-order chi connectivity index (χ1) is 8.75. The summed E-state index contributed by atoms with van der Waals surface area (Å²) < 4.78 is 5.64. The van der Waals surface area contributed by atoms with Gasteiger partial charge in [0.1, 0.15) is 6.10 Å². The summed E-state index contributed by atoms with van der Waals surface area (Å²) >= 11 is 0. The molecule has 18 heavy (non-hydrogen) atoms. The number of hydrogen-bond donors (Lipinski definition) is 1. The lowest BCUT2D eigenvalue weighted by molar-refractivity contribution is -0.153. The van der Waals surface area contributed by atoms with Crippen LogP contribution in [0.4, 0.5) is 0 Å². The predicted molar refractivity (Wildman–Crippen MR) is 72.3 cm³/mol. The van der Waals surface area contributed by atoms with E-state index in [2.05, 4.69) is 12.2 Å². The molecule has 0 radical (unpaired) electrons. The Balaban J connectivity index is 1.64. The van der Waals surface area contributed by atoms with Gasteiger partial charge >= 0.3 is 5.97 Å². The molecule has 0 spiro atoms. The molecule has 1 saturated heterocycles. The van der Waals surface area contributed by atoms with Gasteiger partial charge in [0.05, 0.1) is 0 Å². The van der Waals surface area contributed by atoms with Gasteiger partial charge in [0.15, 0.2) is 0 Å². The van der Waals surface area contributed by atoms with Gasteiger partial charge < -0.3 is 10.1 Å². The van der Waals surface area contributed by atoms with E-state index in [4.69, 9.17) is 4.74 Å². The summed E-state index contributed by atoms with van der Waals surface area (Å²) in [7, 11) is 0. The Hall–Kier alpha value is -0.570. The molecular weight excluding hydrogens is 226 g/mol. The molecule has 1 N–H and O–H groups in total. The lowest BCUT2D eigenvalue weighted by atomic mass is 9.88. The average molecular weight is 253 g/mol. The van der Waals surface area contributed by atoms with Crippen molar-refractivity contribution >= 4 is 5.97 Å². The van der Waals surface area contributed by atoms with E-state index in [1.54, 1.807) is 0 Å². The summed E-state index contributed by atoms with van der Waals surface area (Å²) in [5.74, 6) is 1.32. The molecule has 1 saturated carbocycles. The van der Waals surface area contributed by atoms with Gasteiger partial charge in [-0.15, -0.1) is 0 Å². The SMILES string of the molecule is CC1CCCCC1OC(=O)CCC1CCNCC1. The summed E-state index contributed by atoms with van der Waals surface area (Å²) in [5.41, 5.74) is 0. The van der Waals surface area contributed by atoms with Gasteiger partial charge in [-0.2, -0.15) is 0 Å². The highest BCUT2D eigenvalue weighted by molar-refractivity contribution is 5.69. The van der Waals surface area contributed by atoms with Crippen LogP contribution in [0.2, 0.25) is 0 Å². The Labute approximate surface area is 111 Å². The molecule has 3 heteroatoms. The van der Waals surface area contributed by atoms with Crippen molar-refractivity contribution in [1.82, 2.24) is 5.32 Å². The highest BCUT2D eigenvalue weighted by atomic mass is 16.5. The van der Waals surface area contributed by atoms with E-state index < -0.39 is 0 Å². The summed E-state index contributed by atoms with van der Waals surface area (Å²) in [6.45, 7) is 4.43. The lowest BCUT2D eigenvalue weighted by Gasteiger charge is -2.28. The zero-order chi connectivity index (χ0) is 12.8. The Kier molecular flexibility index (Phi) is 5.48. The van der Waals surface area contributed by atoms with E-state index in [0.29, 0.717) is 12.3 Å². The Morgan fingerprint density at radius 2 is 1.89 bits per heavy atom. The summed E-state index contributed by atoms with van der Waals surface area (Å²) in [5, 5.41) is 3.36. The lowest BCUT2D eigenvalue weighted by Crippen LogP contribution is -2.30. The van der Waals surface area contributed by atoms with Crippen molar-refractivity contribution < 1.29 is 9.53 Å². The van der Waals surface area contributed by atoms with Crippen LogP contribution in [-0.4, -0.2) is 25.2 Å². The Bertz CT molecular complexity index is 261. The molecule has 2 fully saturated rings. The fourth-order valence-corrected chi connectivity index (χ4v) is 3.18. The van der Waals surface area contributed by atoms with Crippen LogP contribution in [0, 0.1) is 11.8 Å². The van der Waals surface area contributed by atoms with Crippen molar-refractivity contribution in [2.75, 3.05) is 13.1 Å². The molecule has 104 valence electrons. The Morgan fingerprint density at radius 1 is 1.17 bits per heavy atom. The average Bonchev–Trinajstić information content (AvgIpc) is 2.40. The van der Waals surface area contributed by atoms with Crippen LogP contribution in [0.15, 0.2) is 0 Å². The highest BCUT2D eigenvalue weighted by Gasteiger charge is 2.25. The minimum atomic E-state index is 0.0345. The van der Waals surface area contributed by atoms with Crippen molar-refractivity contribution in [3.63, 3.8) is 0 Å². The van der Waals surface area contributed by atoms with Gasteiger partial charge in [0.2, 0.25) is 0 Å². The number of carbonyl (C=O) groups excluding carboxylic acids is 1. The second-order valence-corrected chi connectivity index (χ2v) is 6.02. The molecule has 2 rings (SSSR count). The van der Waals surface area contributed by atoms with Crippen LogP contribution in [0.5, 0.6) is 0 Å². The first-order valence-electron chi connectivity index (χ1n) is 7.66. The maximum absolute atomic E-state index is 11.9. The fraction of sp³-hybridized carbons (Fsp3) is 0.933. The van der Waals surface area contributed by atoms with E-state index >= 15 is 0 Å². The van der Waals surface area contributed by atoms with Gasteiger partial charge in [-0.3, -0.25) is 4.79 Å². The number of piperidine rings is 1. The molecule has 0 aromatic heterocycles. The maximum atomic E-state index is 11.9. The van der Waals surface area contributed by atoms with E-state index in [1.165, 1.54) is 32.1 Å². The van der Waals surface area contributed by atoms with Crippen LogP contribution in [0.25, 0.3) is 0 Å². The predicted octanol–water partition coefficient (Wildman–Crippen LogP) is 2.89. The van der Waals surface area contributed by atoms with E-state index in [0.717, 1.165) is 31.8 Å². The van der Waals surface area contributed by atoms with Crippen molar-refractivity contribution in [2.45, 2.75) is 64.4 Å². The minimum Gasteiger partial charge on any atom is -0.462 e. The van der Waals surface area contributed by atoms with Crippen molar-refractivity contribution in [2.24, 2.45) is 11.8 Å². The summed E-state index contributed by atoms with van der Waals surface area (Å²) in [4.78, 5) is 11.9. The molecule has 1 heterocycles. The standard InChI is InChI=1S/C15H27NO2/c1-12-4-2-3-5-14(12)18-15(17)7-6-13-8-10-16-11-9-13/h12-14,16H,2-11H2,1H3. The molecular formula is C15H27NO2. The van der Waals surface area contributed by atoms with Crippen molar-refractivity contribution in [1.29, 1.82) is 0 Å². The largest absolute Gasteiger partial charge is 0.462 e. The van der Waals surface area contributed by atoms with Crippen LogP contribution >= 0.6 is 0 Å². The van der Waals surface area contributed by atoms with Gasteiger partial charge in [-0.05, 0) is 63.5 Å². The summed E-state index contributed by atoms with van der Waals surface area (Å²) in [6.07, 6.45) is 9.06. The zero-order valence-corrected chi connectivity index (χ0v) is 11.6. The third-order valence-corrected chi connectivity index (χ3v) is 4.53. The van der Waals surface area contributed by atoms with Crippen LogP contribution in [-0.2, 0) is 9.53 Å². The number of nitrogens with one attached hydrogen (secondary N) is 1. The van der Waals surface area contributed by atoms with Crippen LogP contribution in [0.3, 0.4) is 0 Å². The number of rotatable bonds is 4. The molecule has 2 aliphatic rings. The molecule has 2 unspecified atom stereocenters. The third kappa shape index (κ3) is 4.27. The van der Waals surface area contributed by atoms with Gasteiger partial charge in [-0.1, -0.05) is 13.3 Å². The molecule has 1 aliphatic carbocycles. The molecule has 0 amide bonds. The van der Waals surface area contributed by atoms with E-state index in [-0.39, 0.29) is 12.1 Å². The smallest absolute Gasteiger partial charge is 0.306 e. The molecule has 0 aromatic rings. The molecule has 2 atom stereocenters. The summed E-state index contributed by atoms with van der Waals surface area (Å²) in [6, 6.07) is 0.